The number of benzene rings is 1. The van der Waals surface area contributed by atoms with Crippen LogP contribution in [-0.2, 0) is 4.79 Å². The van der Waals surface area contributed by atoms with Gasteiger partial charge in [0.05, 0.1) is 18.0 Å². The summed E-state index contributed by atoms with van der Waals surface area (Å²) in [6.07, 6.45) is 0. The van der Waals surface area contributed by atoms with Crippen LogP contribution in [0.2, 0.25) is 0 Å². The number of hydrogen-bond acceptors (Lipinski definition) is 3. The molecule has 0 fully saturated rings. The van der Waals surface area contributed by atoms with Crippen molar-refractivity contribution in [2.24, 2.45) is 0 Å². The Labute approximate surface area is 101 Å². The zero-order valence-electron chi connectivity index (χ0n) is 10.4. The topological polar surface area (TPSA) is 52.6 Å². The van der Waals surface area contributed by atoms with Crippen molar-refractivity contribution in [1.29, 1.82) is 0 Å². The summed E-state index contributed by atoms with van der Waals surface area (Å²) >= 11 is 0. The number of carbonyl (C=O) groups excluding carboxylic acids is 1. The summed E-state index contributed by atoms with van der Waals surface area (Å²) in [7, 11) is 0. The summed E-state index contributed by atoms with van der Waals surface area (Å²) in [5, 5.41) is 12.3. The number of aliphatic hydroxyl groups excluding tert-OH is 1. The number of fused-ring (bicyclic) bond motifs is 1. The van der Waals surface area contributed by atoms with Gasteiger partial charge in [0.25, 0.3) is 0 Å². The highest BCUT2D eigenvalue weighted by Gasteiger charge is 2.29. The van der Waals surface area contributed by atoms with Crippen molar-refractivity contribution in [3.8, 4) is 0 Å². The molecule has 0 bridgehead atoms. The Morgan fingerprint density at radius 3 is 2.65 bits per heavy atom. The molecule has 0 radical (unpaired) electrons. The Bertz CT molecular complexity index is 457. The van der Waals surface area contributed by atoms with Crippen LogP contribution in [-0.4, -0.2) is 30.2 Å². The first-order valence-corrected chi connectivity index (χ1v) is 5.84. The molecule has 1 aromatic rings. The van der Waals surface area contributed by atoms with E-state index in [0.29, 0.717) is 6.54 Å². The van der Waals surface area contributed by atoms with Crippen molar-refractivity contribution >= 4 is 17.3 Å². The minimum absolute atomic E-state index is 0.00908. The number of nitrogens with one attached hydrogen (secondary N) is 1. The van der Waals surface area contributed by atoms with Gasteiger partial charge in [0.15, 0.2) is 0 Å². The van der Waals surface area contributed by atoms with E-state index in [4.69, 9.17) is 5.11 Å². The molecule has 1 atom stereocenters. The highest BCUT2D eigenvalue weighted by Crippen LogP contribution is 2.33. The predicted octanol–water partition coefficient (Wildman–Crippen LogP) is 1.44. The molecule has 1 heterocycles. The molecule has 1 aliphatic heterocycles. The summed E-state index contributed by atoms with van der Waals surface area (Å²) in [5.41, 5.74) is 4.18. The molecule has 4 nitrogen and oxygen atoms in total. The zero-order chi connectivity index (χ0) is 12.6. The lowest BCUT2D eigenvalue weighted by molar-refractivity contribution is -0.119. The molecule has 0 saturated heterocycles. The van der Waals surface area contributed by atoms with E-state index in [1.54, 1.807) is 4.90 Å². The molecule has 1 aliphatic rings. The third-order valence-electron chi connectivity index (χ3n) is 3.23. The number of β-amino-alcohol motifs (C(OH)–C–C–N with tert-alkyl or cyclic N) is 1. The van der Waals surface area contributed by atoms with Crippen LogP contribution in [0.5, 0.6) is 0 Å². The summed E-state index contributed by atoms with van der Waals surface area (Å²) in [6, 6.07) is 3.81. The van der Waals surface area contributed by atoms with E-state index in [1.807, 2.05) is 19.9 Å². The third kappa shape index (κ3) is 2.00. The number of aryl methyl sites for hydroxylation is 2. The fourth-order valence-corrected chi connectivity index (χ4v) is 2.12. The number of anilines is 2. The molecule has 1 aromatic carbocycles. The van der Waals surface area contributed by atoms with Crippen LogP contribution in [0.3, 0.4) is 0 Å². The summed E-state index contributed by atoms with van der Waals surface area (Å²) < 4.78 is 0. The molecule has 0 aromatic heterocycles. The van der Waals surface area contributed by atoms with E-state index in [9.17, 15) is 4.79 Å². The van der Waals surface area contributed by atoms with Crippen LogP contribution in [0.1, 0.15) is 18.1 Å². The normalized spacial score (nSPS) is 18.9. The van der Waals surface area contributed by atoms with Crippen LogP contribution in [0.4, 0.5) is 11.4 Å². The SMILES string of the molecule is Cc1cc2c(cc1C)N(CCO)C(=O)C(C)N2. The van der Waals surface area contributed by atoms with Gasteiger partial charge >= 0.3 is 0 Å². The highest BCUT2D eigenvalue weighted by molar-refractivity contribution is 6.04. The van der Waals surface area contributed by atoms with Gasteiger partial charge in [-0.05, 0) is 44.0 Å². The highest BCUT2D eigenvalue weighted by atomic mass is 16.3. The molecule has 2 rings (SSSR count). The monoisotopic (exact) mass is 234 g/mol. The second-order valence-corrected chi connectivity index (χ2v) is 4.53. The Balaban J connectivity index is 2.50. The molecule has 0 spiro atoms. The number of carbonyl (C=O) groups is 1. The van der Waals surface area contributed by atoms with Gasteiger partial charge in [-0.15, -0.1) is 0 Å². The number of rotatable bonds is 2. The molecule has 4 heteroatoms. The van der Waals surface area contributed by atoms with Gasteiger partial charge in [-0.25, -0.2) is 0 Å². The summed E-state index contributed by atoms with van der Waals surface area (Å²) in [5.74, 6) is 0.00908. The van der Waals surface area contributed by atoms with Gasteiger partial charge in [0, 0.05) is 6.54 Å². The zero-order valence-corrected chi connectivity index (χ0v) is 10.4. The van der Waals surface area contributed by atoms with Crippen molar-refractivity contribution in [2.75, 3.05) is 23.4 Å². The van der Waals surface area contributed by atoms with E-state index in [2.05, 4.69) is 18.3 Å². The maximum atomic E-state index is 12.0. The van der Waals surface area contributed by atoms with Crippen LogP contribution in [0.25, 0.3) is 0 Å². The number of hydrogen-bond donors (Lipinski definition) is 2. The fraction of sp³-hybridized carbons (Fsp3) is 0.462. The quantitative estimate of drug-likeness (QED) is 0.814. The number of aliphatic hydroxyl groups is 1. The predicted molar refractivity (Wildman–Crippen MR) is 68.4 cm³/mol. The lowest BCUT2D eigenvalue weighted by atomic mass is 10.0. The van der Waals surface area contributed by atoms with Gasteiger partial charge in [-0.3, -0.25) is 4.79 Å². The Kier molecular flexibility index (Phi) is 3.07. The van der Waals surface area contributed by atoms with E-state index in [-0.39, 0.29) is 18.6 Å². The van der Waals surface area contributed by atoms with Crippen molar-refractivity contribution in [1.82, 2.24) is 0 Å². The van der Waals surface area contributed by atoms with E-state index in [0.717, 1.165) is 16.9 Å². The van der Waals surface area contributed by atoms with Crippen LogP contribution < -0.4 is 10.2 Å². The summed E-state index contributed by atoms with van der Waals surface area (Å²) in [6.45, 7) is 6.24. The van der Waals surface area contributed by atoms with E-state index >= 15 is 0 Å². The molecular weight excluding hydrogens is 216 g/mol. The van der Waals surface area contributed by atoms with Gasteiger partial charge in [0.1, 0.15) is 6.04 Å². The lowest BCUT2D eigenvalue weighted by Gasteiger charge is -2.34. The number of nitrogens with zero attached hydrogens (tertiary/aromatic N) is 1. The van der Waals surface area contributed by atoms with E-state index < -0.39 is 0 Å². The molecular formula is C13H18N2O2. The second-order valence-electron chi connectivity index (χ2n) is 4.53. The standard InChI is InChI=1S/C13H18N2O2/c1-8-6-11-12(7-9(8)2)15(4-5-16)13(17)10(3)14-11/h6-7,10,14,16H,4-5H2,1-3H3. The van der Waals surface area contributed by atoms with Gasteiger partial charge in [0.2, 0.25) is 5.91 Å². The molecule has 1 unspecified atom stereocenters. The van der Waals surface area contributed by atoms with Gasteiger partial charge in [-0.1, -0.05) is 0 Å². The Morgan fingerprint density at radius 1 is 1.35 bits per heavy atom. The van der Waals surface area contributed by atoms with Gasteiger partial charge < -0.3 is 15.3 Å². The largest absolute Gasteiger partial charge is 0.395 e. The average Bonchev–Trinajstić information content (AvgIpc) is 2.28. The Morgan fingerprint density at radius 2 is 2.00 bits per heavy atom. The smallest absolute Gasteiger partial charge is 0.249 e. The van der Waals surface area contributed by atoms with Gasteiger partial charge in [-0.2, -0.15) is 0 Å². The first kappa shape index (κ1) is 11.9. The average molecular weight is 234 g/mol. The van der Waals surface area contributed by atoms with E-state index in [1.165, 1.54) is 5.56 Å². The molecule has 0 saturated carbocycles. The first-order valence-electron chi connectivity index (χ1n) is 5.84. The molecule has 1 amide bonds. The van der Waals surface area contributed by atoms with Crippen molar-refractivity contribution in [3.05, 3.63) is 23.3 Å². The molecule has 2 N–H and O–H groups in total. The Hall–Kier alpha value is -1.55. The lowest BCUT2D eigenvalue weighted by Crippen LogP contribution is -2.46. The van der Waals surface area contributed by atoms with Crippen molar-refractivity contribution < 1.29 is 9.90 Å². The van der Waals surface area contributed by atoms with Crippen LogP contribution >= 0.6 is 0 Å². The fourth-order valence-electron chi connectivity index (χ4n) is 2.12. The number of amides is 1. The van der Waals surface area contributed by atoms with Crippen LogP contribution in [0, 0.1) is 13.8 Å². The van der Waals surface area contributed by atoms with Crippen molar-refractivity contribution in [3.63, 3.8) is 0 Å². The molecule has 92 valence electrons. The van der Waals surface area contributed by atoms with Crippen LogP contribution in [0.15, 0.2) is 12.1 Å². The second kappa shape index (κ2) is 4.37. The third-order valence-corrected chi connectivity index (χ3v) is 3.23. The maximum absolute atomic E-state index is 12.0. The summed E-state index contributed by atoms with van der Waals surface area (Å²) in [4.78, 5) is 13.7. The first-order chi connectivity index (χ1) is 8.04. The minimum Gasteiger partial charge on any atom is -0.395 e. The maximum Gasteiger partial charge on any atom is 0.249 e. The molecule has 0 aliphatic carbocycles. The molecule has 17 heavy (non-hydrogen) atoms. The minimum atomic E-state index is -0.240. The van der Waals surface area contributed by atoms with Crippen molar-refractivity contribution in [2.45, 2.75) is 26.8 Å².